The first-order valence-corrected chi connectivity index (χ1v) is 6.07. The first kappa shape index (κ1) is 14.2. The molecule has 8 heteroatoms. The summed E-state index contributed by atoms with van der Waals surface area (Å²) in [5.74, 6) is -0.0687. The van der Waals surface area contributed by atoms with Crippen molar-refractivity contribution in [3.05, 3.63) is 33.9 Å². The Hall–Kier alpha value is -2.25. The monoisotopic (exact) mass is 285 g/mol. The van der Waals surface area contributed by atoms with Crippen molar-refractivity contribution in [3.63, 3.8) is 0 Å². The highest BCUT2D eigenvalue weighted by molar-refractivity contribution is 5.77. The lowest BCUT2D eigenvalue weighted by Gasteiger charge is -2.25. The van der Waals surface area contributed by atoms with Gasteiger partial charge in [-0.25, -0.2) is 8.78 Å². The van der Waals surface area contributed by atoms with Crippen molar-refractivity contribution in [2.45, 2.75) is 25.3 Å². The predicted molar refractivity (Wildman–Crippen MR) is 67.7 cm³/mol. The van der Waals surface area contributed by atoms with E-state index in [0.29, 0.717) is 19.4 Å². The molecular weight excluding hydrogens is 272 g/mol. The van der Waals surface area contributed by atoms with Gasteiger partial charge in [-0.1, -0.05) is 0 Å². The van der Waals surface area contributed by atoms with Crippen molar-refractivity contribution in [1.29, 1.82) is 0 Å². The van der Waals surface area contributed by atoms with E-state index in [1.54, 1.807) is 0 Å². The summed E-state index contributed by atoms with van der Waals surface area (Å²) in [5, 5.41) is 16.1. The molecule has 0 spiro atoms. The number of nitro benzene ring substituents is 1. The van der Waals surface area contributed by atoms with Crippen LogP contribution in [0.4, 0.5) is 20.2 Å². The molecule has 1 fully saturated rings. The van der Waals surface area contributed by atoms with E-state index >= 15 is 0 Å². The molecule has 0 saturated carbocycles. The summed E-state index contributed by atoms with van der Waals surface area (Å²) in [6.07, 6.45) is -1.95. The van der Waals surface area contributed by atoms with Crippen molar-refractivity contribution >= 4 is 17.3 Å². The van der Waals surface area contributed by atoms with Crippen LogP contribution in [-0.2, 0) is 4.79 Å². The van der Waals surface area contributed by atoms with Gasteiger partial charge in [0, 0.05) is 42.4 Å². The number of anilines is 1. The van der Waals surface area contributed by atoms with Crippen LogP contribution in [0, 0.1) is 10.1 Å². The van der Waals surface area contributed by atoms with Gasteiger partial charge in [0.1, 0.15) is 0 Å². The Balaban J connectivity index is 2.18. The van der Waals surface area contributed by atoms with E-state index in [-0.39, 0.29) is 23.3 Å². The van der Waals surface area contributed by atoms with Crippen molar-refractivity contribution in [1.82, 2.24) is 5.32 Å². The van der Waals surface area contributed by atoms with E-state index in [0.717, 1.165) is 6.07 Å². The number of non-ortho nitro benzene ring substituents is 1. The minimum absolute atomic E-state index is 0.0687. The van der Waals surface area contributed by atoms with Gasteiger partial charge in [0.2, 0.25) is 5.91 Å². The number of carbonyl (C=O) groups excluding carboxylic acids is 1. The molecule has 2 rings (SSSR count). The third-order valence-corrected chi connectivity index (χ3v) is 3.11. The Morgan fingerprint density at radius 2 is 2.20 bits per heavy atom. The summed E-state index contributed by atoms with van der Waals surface area (Å²) in [6.45, 7) is 0.346. The normalized spacial score (nSPS) is 18.8. The van der Waals surface area contributed by atoms with Gasteiger partial charge in [0.15, 0.2) is 0 Å². The number of amides is 1. The highest BCUT2D eigenvalue weighted by Gasteiger charge is 2.22. The average molecular weight is 285 g/mol. The molecule has 1 atom stereocenters. The Bertz CT molecular complexity index is 527. The zero-order valence-electron chi connectivity index (χ0n) is 10.4. The van der Waals surface area contributed by atoms with Crippen molar-refractivity contribution in [3.8, 4) is 0 Å². The van der Waals surface area contributed by atoms with Crippen LogP contribution in [0.3, 0.4) is 0 Å². The number of nitrogens with zero attached hydrogens (tertiary/aromatic N) is 1. The smallest absolute Gasteiger partial charge is 0.270 e. The Morgan fingerprint density at radius 3 is 2.75 bits per heavy atom. The number of hydrogen-bond acceptors (Lipinski definition) is 4. The van der Waals surface area contributed by atoms with E-state index in [1.165, 1.54) is 12.1 Å². The second-order valence-corrected chi connectivity index (χ2v) is 4.51. The highest BCUT2D eigenvalue weighted by Crippen LogP contribution is 2.31. The lowest BCUT2D eigenvalue weighted by atomic mass is 10.1. The largest absolute Gasteiger partial charge is 0.380 e. The lowest BCUT2D eigenvalue weighted by Crippen LogP contribution is -2.42. The molecule has 20 heavy (non-hydrogen) atoms. The molecule has 1 aliphatic rings. The van der Waals surface area contributed by atoms with E-state index in [1.807, 2.05) is 0 Å². The SMILES string of the molecule is O=C1CCC(Nc2ccc([N+](=O)[O-])cc2C(F)F)CN1. The molecule has 0 bridgehead atoms. The van der Waals surface area contributed by atoms with Crippen LogP contribution in [0.15, 0.2) is 18.2 Å². The van der Waals surface area contributed by atoms with Gasteiger partial charge < -0.3 is 10.6 Å². The lowest BCUT2D eigenvalue weighted by molar-refractivity contribution is -0.385. The zero-order chi connectivity index (χ0) is 14.7. The molecule has 108 valence electrons. The second kappa shape index (κ2) is 5.81. The number of carbonyl (C=O) groups is 1. The average Bonchev–Trinajstić information content (AvgIpc) is 2.41. The Labute approximate surface area is 113 Å². The van der Waals surface area contributed by atoms with Crippen LogP contribution in [0.1, 0.15) is 24.8 Å². The molecule has 6 nitrogen and oxygen atoms in total. The Morgan fingerprint density at radius 1 is 1.45 bits per heavy atom. The first-order chi connectivity index (χ1) is 9.47. The molecule has 0 aliphatic carbocycles. The number of piperidine rings is 1. The predicted octanol–water partition coefficient (Wildman–Crippen LogP) is 2.22. The molecule has 1 aromatic carbocycles. The van der Waals surface area contributed by atoms with Gasteiger partial charge in [-0.05, 0) is 12.5 Å². The number of alkyl halides is 2. The molecule has 1 unspecified atom stereocenters. The van der Waals surface area contributed by atoms with Crippen molar-refractivity contribution in [2.24, 2.45) is 0 Å². The van der Waals surface area contributed by atoms with Crippen LogP contribution in [0.2, 0.25) is 0 Å². The molecule has 1 saturated heterocycles. The molecule has 2 N–H and O–H groups in total. The van der Waals surface area contributed by atoms with Gasteiger partial charge in [0.05, 0.1) is 4.92 Å². The minimum Gasteiger partial charge on any atom is -0.380 e. The maximum atomic E-state index is 13.0. The number of nitro groups is 1. The highest BCUT2D eigenvalue weighted by atomic mass is 19.3. The van der Waals surface area contributed by atoms with E-state index in [2.05, 4.69) is 10.6 Å². The number of halogens is 2. The number of nitrogens with one attached hydrogen (secondary N) is 2. The zero-order valence-corrected chi connectivity index (χ0v) is 10.4. The topological polar surface area (TPSA) is 84.3 Å². The van der Waals surface area contributed by atoms with Gasteiger partial charge in [-0.3, -0.25) is 14.9 Å². The number of benzene rings is 1. The third kappa shape index (κ3) is 3.19. The second-order valence-electron chi connectivity index (χ2n) is 4.51. The van der Waals surface area contributed by atoms with Crippen LogP contribution in [-0.4, -0.2) is 23.4 Å². The Kier molecular flexibility index (Phi) is 4.11. The van der Waals surface area contributed by atoms with Gasteiger partial charge in [0.25, 0.3) is 12.1 Å². The molecule has 1 amide bonds. The summed E-state index contributed by atoms with van der Waals surface area (Å²) < 4.78 is 25.9. The molecule has 1 aliphatic heterocycles. The number of hydrogen-bond donors (Lipinski definition) is 2. The fraction of sp³-hybridized carbons (Fsp3) is 0.417. The standard InChI is InChI=1S/C12H13F2N3O3/c13-12(14)9-5-8(17(19)20)2-3-10(9)16-7-1-4-11(18)15-6-7/h2-3,5,7,12,16H,1,4,6H2,(H,15,18). The first-order valence-electron chi connectivity index (χ1n) is 6.07. The van der Waals surface area contributed by atoms with Crippen LogP contribution >= 0.6 is 0 Å². The van der Waals surface area contributed by atoms with Crippen LogP contribution in [0.5, 0.6) is 0 Å². The van der Waals surface area contributed by atoms with E-state index in [4.69, 9.17) is 0 Å². The fourth-order valence-electron chi connectivity index (χ4n) is 2.05. The quantitative estimate of drug-likeness (QED) is 0.656. The third-order valence-electron chi connectivity index (χ3n) is 3.11. The summed E-state index contributed by atoms with van der Waals surface area (Å²) in [5.41, 5.74) is -0.620. The molecule has 0 aromatic heterocycles. The number of rotatable bonds is 4. The molecule has 1 heterocycles. The molecule has 1 aromatic rings. The molecular formula is C12H13F2N3O3. The van der Waals surface area contributed by atoms with Crippen LogP contribution < -0.4 is 10.6 Å². The summed E-state index contributed by atoms with van der Waals surface area (Å²) in [4.78, 5) is 20.9. The fourth-order valence-corrected chi connectivity index (χ4v) is 2.05. The summed E-state index contributed by atoms with van der Waals surface area (Å²) >= 11 is 0. The van der Waals surface area contributed by atoms with Crippen molar-refractivity contribution < 1.29 is 18.5 Å². The maximum Gasteiger partial charge on any atom is 0.270 e. The van der Waals surface area contributed by atoms with E-state index < -0.39 is 16.9 Å². The van der Waals surface area contributed by atoms with Gasteiger partial charge >= 0.3 is 0 Å². The van der Waals surface area contributed by atoms with Crippen LogP contribution in [0.25, 0.3) is 0 Å². The summed E-state index contributed by atoms with van der Waals surface area (Å²) in [7, 11) is 0. The van der Waals surface area contributed by atoms with Gasteiger partial charge in [-0.15, -0.1) is 0 Å². The van der Waals surface area contributed by atoms with Crippen molar-refractivity contribution in [2.75, 3.05) is 11.9 Å². The maximum absolute atomic E-state index is 13.0. The minimum atomic E-state index is -2.81. The molecule has 0 radical (unpaired) electrons. The van der Waals surface area contributed by atoms with E-state index in [9.17, 15) is 23.7 Å². The van der Waals surface area contributed by atoms with Gasteiger partial charge in [-0.2, -0.15) is 0 Å². The summed E-state index contributed by atoms with van der Waals surface area (Å²) in [6, 6.07) is 3.16.